The second kappa shape index (κ2) is 7.81. The van der Waals surface area contributed by atoms with Gasteiger partial charge in [0.25, 0.3) is 21.7 Å². The highest BCUT2D eigenvalue weighted by molar-refractivity contribution is 5.75. The number of rotatable bonds is 0. The SMILES string of the molecule is O=c1c2c(c1=O)NCc1cccc(c1)CNc1c(c(=O)c1=O)NCc1cccc(c1)CN2. The maximum absolute atomic E-state index is 12.1. The van der Waals surface area contributed by atoms with E-state index in [9.17, 15) is 19.2 Å². The smallest absolute Gasteiger partial charge is 0.253 e. The average molecular weight is 428 g/mol. The molecule has 4 aromatic carbocycles. The summed E-state index contributed by atoms with van der Waals surface area (Å²) in [5.74, 6) is 0. The molecule has 0 radical (unpaired) electrons. The van der Waals surface area contributed by atoms with E-state index in [2.05, 4.69) is 21.3 Å². The van der Waals surface area contributed by atoms with Gasteiger partial charge < -0.3 is 21.3 Å². The van der Waals surface area contributed by atoms with Crippen molar-refractivity contribution < 1.29 is 0 Å². The first kappa shape index (κ1) is 19.7. The van der Waals surface area contributed by atoms with Crippen molar-refractivity contribution in [1.82, 2.24) is 0 Å². The van der Waals surface area contributed by atoms with Gasteiger partial charge in [-0.3, -0.25) is 19.2 Å². The standard InChI is InChI=1S/C24H20N4O4/c29-21-17-19(23(21)31)27-11-15-5-2-6-16(8-15)12-28-20-18(22(30)24(20)32)26-10-14-4-1-3-13(7-14)9-25-17/h1-8,25-28H,9-12H2. The Labute approximate surface area is 182 Å². The van der Waals surface area contributed by atoms with Gasteiger partial charge in [0.2, 0.25) is 0 Å². The van der Waals surface area contributed by atoms with E-state index in [0.717, 1.165) is 22.3 Å². The molecular weight excluding hydrogens is 408 g/mol. The molecule has 1 heterocycles. The third kappa shape index (κ3) is 3.45. The Morgan fingerprint density at radius 3 is 0.938 bits per heavy atom. The first-order valence-corrected chi connectivity index (χ1v) is 10.3. The molecule has 8 heteroatoms. The van der Waals surface area contributed by atoms with Gasteiger partial charge in [-0.2, -0.15) is 0 Å². The summed E-state index contributed by atoms with van der Waals surface area (Å²) in [6.45, 7) is 1.48. The molecule has 0 aliphatic carbocycles. The number of anilines is 4. The van der Waals surface area contributed by atoms with Gasteiger partial charge in [0.1, 0.15) is 22.7 Å². The fourth-order valence-electron chi connectivity index (χ4n) is 3.92. The lowest BCUT2D eigenvalue weighted by Crippen LogP contribution is -2.37. The molecule has 0 saturated heterocycles. The second-order valence-electron chi connectivity index (χ2n) is 7.87. The van der Waals surface area contributed by atoms with Crippen molar-refractivity contribution in [1.29, 1.82) is 0 Å². The molecule has 0 saturated carbocycles. The molecule has 4 aromatic rings. The zero-order valence-electron chi connectivity index (χ0n) is 17.1. The fraction of sp³-hybridized carbons (Fsp3) is 0.167. The number of hydrogen-bond donors (Lipinski definition) is 4. The number of benzene rings is 2. The molecule has 0 aromatic heterocycles. The van der Waals surface area contributed by atoms with Crippen LogP contribution in [0.25, 0.3) is 0 Å². The molecule has 4 N–H and O–H groups in total. The van der Waals surface area contributed by atoms with E-state index >= 15 is 0 Å². The number of nitrogens with one attached hydrogen (secondary N) is 4. The number of hydrogen-bond acceptors (Lipinski definition) is 8. The van der Waals surface area contributed by atoms with Gasteiger partial charge in [-0.1, -0.05) is 48.5 Å². The quantitative estimate of drug-likeness (QED) is 0.313. The van der Waals surface area contributed by atoms with Crippen LogP contribution in [0.2, 0.25) is 0 Å². The van der Waals surface area contributed by atoms with E-state index in [4.69, 9.17) is 0 Å². The van der Waals surface area contributed by atoms with E-state index in [0.29, 0.717) is 48.9 Å². The highest BCUT2D eigenvalue weighted by Crippen LogP contribution is 2.20. The third-order valence-corrected chi connectivity index (χ3v) is 5.68. The molecule has 32 heavy (non-hydrogen) atoms. The van der Waals surface area contributed by atoms with Crippen LogP contribution in [-0.4, -0.2) is 0 Å². The molecule has 160 valence electrons. The van der Waals surface area contributed by atoms with Gasteiger partial charge in [-0.05, 0) is 22.3 Å². The third-order valence-electron chi connectivity index (χ3n) is 5.68. The maximum Gasteiger partial charge on any atom is 0.253 e. The second-order valence-corrected chi connectivity index (χ2v) is 7.87. The summed E-state index contributed by atoms with van der Waals surface area (Å²) in [6.07, 6.45) is 0. The predicted molar refractivity (Wildman–Crippen MR) is 125 cm³/mol. The van der Waals surface area contributed by atoms with Crippen molar-refractivity contribution in [2.75, 3.05) is 21.3 Å². The Balaban J connectivity index is 1.48. The maximum atomic E-state index is 12.1. The molecule has 1 aliphatic rings. The van der Waals surface area contributed by atoms with Gasteiger partial charge in [-0.25, -0.2) is 0 Å². The summed E-state index contributed by atoms with van der Waals surface area (Å²) < 4.78 is 0. The molecule has 8 nitrogen and oxygen atoms in total. The molecular formula is C24H20N4O4. The zero-order chi connectivity index (χ0) is 22.2. The zero-order valence-corrected chi connectivity index (χ0v) is 17.1. The minimum absolute atomic E-state index is 0.297. The summed E-state index contributed by atoms with van der Waals surface area (Å²) in [5.41, 5.74) is 2.77. The normalized spacial score (nSPS) is 14.0. The van der Waals surface area contributed by atoms with Crippen molar-refractivity contribution in [3.8, 4) is 0 Å². The lowest BCUT2D eigenvalue weighted by Gasteiger charge is -2.17. The van der Waals surface area contributed by atoms with Crippen LogP contribution in [0.15, 0.2) is 67.7 Å². The molecule has 0 fully saturated rings. The van der Waals surface area contributed by atoms with Gasteiger partial charge >= 0.3 is 0 Å². The van der Waals surface area contributed by atoms with E-state index in [-0.39, 0.29) is 0 Å². The van der Waals surface area contributed by atoms with Gasteiger partial charge in [0.15, 0.2) is 0 Å². The van der Waals surface area contributed by atoms with Crippen molar-refractivity contribution in [3.05, 3.63) is 112 Å². The lowest BCUT2D eigenvalue weighted by molar-refractivity contribution is 1.05. The first-order chi connectivity index (χ1) is 15.5. The first-order valence-electron chi connectivity index (χ1n) is 10.3. The van der Waals surface area contributed by atoms with Crippen molar-refractivity contribution in [3.63, 3.8) is 0 Å². The summed E-state index contributed by atoms with van der Waals surface area (Å²) in [7, 11) is 0. The van der Waals surface area contributed by atoms with Crippen LogP contribution in [0.1, 0.15) is 22.3 Å². The number of fused-ring (bicyclic) bond motifs is 6. The lowest BCUT2D eigenvalue weighted by atomic mass is 10.1. The summed E-state index contributed by atoms with van der Waals surface area (Å²) in [4.78, 5) is 48.2. The molecule has 0 unspecified atom stereocenters. The molecule has 0 atom stereocenters. The van der Waals surface area contributed by atoms with Crippen LogP contribution in [0.3, 0.4) is 0 Å². The largest absolute Gasteiger partial charge is 0.376 e. The Hall–Kier alpha value is -4.20. The van der Waals surface area contributed by atoms with Crippen LogP contribution < -0.4 is 43.0 Å². The molecule has 0 amide bonds. The van der Waals surface area contributed by atoms with Crippen LogP contribution in [0, 0.1) is 0 Å². The Bertz CT molecular complexity index is 1260. The highest BCUT2D eigenvalue weighted by atomic mass is 16.2. The molecule has 5 rings (SSSR count). The molecule has 1 aliphatic heterocycles. The summed E-state index contributed by atoms with van der Waals surface area (Å²) in [5, 5.41) is 12.3. The van der Waals surface area contributed by atoms with Gasteiger partial charge in [0.05, 0.1) is 0 Å². The Kier molecular flexibility index (Phi) is 4.82. The average Bonchev–Trinajstić information content (AvgIpc) is 2.82. The Morgan fingerprint density at radius 1 is 0.438 bits per heavy atom. The summed E-state index contributed by atoms with van der Waals surface area (Å²) >= 11 is 0. The van der Waals surface area contributed by atoms with Gasteiger partial charge in [0, 0.05) is 26.2 Å². The van der Waals surface area contributed by atoms with Crippen molar-refractivity contribution in [2.24, 2.45) is 0 Å². The van der Waals surface area contributed by atoms with E-state index in [1.165, 1.54) is 0 Å². The molecule has 4 bridgehead atoms. The van der Waals surface area contributed by atoms with Crippen LogP contribution >= 0.6 is 0 Å². The predicted octanol–water partition coefficient (Wildman–Crippen LogP) is 1.64. The minimum atomic E-state index is -0.523. The topological polar surface area (TPSA) is 116 Å². The fourth-order valence-corrected chi connectivity index (χ4v) is 3.92. The van der Waals surface area contributed by atoms with E-state index < -0.39 is 21.7 Å². The van der Waals surface area contributed by atoms with Crippen LogP contribution in [0.4, 0.5) is 22.7 Å². The van der Waals surface area contributed by atoms with Crippen molar-refractivity contribution >= 4 is 22.7 Å². The van der Waals surface area contributed by atoms with E-state index in [1.807, 2.05) is 48.5 Å². The Morgan fingerprint density at radius 2 is 0.688 bits per heavy atom. The minimum Gasteiger partial charge on any atom is -0.376 e. The molecule has 0 spiro atoms. The monoisotopic (exact) mass is 428 g/mol. The van der Waals surface area contributed by atoms with Crippen molar-refractivity contribution in [2.45, 2.75) is 26.2 Å². The van der Waals surface area contributed by atoms with Gasteiger partial charge in [-0.15, -0.1) is 0 Å². The highest BCUT2D eigenvalue weighted by Gasteiger charge is 2.22. The summed E-state index contributed by atoms with van der Waals surface area (Å²) in [6, 6.07) is 15.2. The van der Waals surface area contributed by atoms with E-state index in [1.54, 1.807) is 0 Å². The van der Waals surface area contributed by atoms with Crippen LogP contribution in [-0.2, 0) is 26.2 Å². The van der Waals surface area contributed by atoms with Crippen LogP contribution in [0.5, 0.6) is 0 Å².